The summed E-state index contributed by atoms with van der Waals surface area (Å²) in [6, 6.07) is 8.64. The maximum absolute atomic E-state index is 12.9. The van der Waals surface area contributed by atoms with Gasteiger partial charge < -0.3 is 9.64 Å². The largest absolute Gasteiger partial charge is 0.465 e. The summed E-state index contributed by atoms with van der Waals surface area (Å²) >= 11 is 0. The quantitative estimate of drug-likeness (QED) is 0.815. The smallest absolute Gasteiger partial charge is 0.337 e. The Morgan fingerprint density at radius 3 is 2.74 bits per heavy atom. The number of carbonyl (C=O) groups excluding carboxylic acids is 2. The zero-order valence-electron chi connectivity index (χ0n) is 13.2. The van der Waals surface area contributed by atoms with Gasteiger partial charge in [0.1, 0.15) is 0 Å². The summed E-state index contributed by atoms with van der Waals surface area (Å²) in [4.78, 5) is 26.4. The number of methoxy groups -OCH3 is 1. The van der Waals surface area contributed by atoms with E-state index in [4.69, 9.17) is 4.74 Å². The monoisotopic (exact) mass is 313 g/mol. The van der Waals surface area contributed by atoms with Crippen LogP contribution in [-0.2, 0) is 11.8 Å². The van der Waals surface area contributed by atoms with E-state index in [-0.39, 0.29) is 11.9 Å². The van der Waals surface area contributed by atoms with Crippen LogP contribution in [0, 0.1) is 0 Å². The fraction of sp³-hybridized carbons (Fsp3) is 0.353. The van der Waals surface area contributed by atoms with Gasteiger partial charge in [-0.05, 0) is 37.1 Å². The summed E-state index contributed by atoms with van der Waals surface area (Å²) in [5.74, 6) is -0.510. The van der Waals surface area contributed by atoms with Crippen molar-refractivity contribution >= 4 is 11.9 Å². The molecule has 3 rings (SSSR count). The van der Waals surface area contributed by atoms with Gasteiger partial charge in [-0.1, -0.05) is 6.07 Å². The van der Waals surface area contributed by atoms with Crippen LogP contribution in [0.15, 0.2) is 36.5 Å². The molecule has 1 atom stereocenters. The number of carbonyl (C=O) groups is 2. The van der Waals surface area contributed by atoms with Gasteiger partial charge in [0.25, 0.3) is 5.91 Å². The molecule has 1 fully saturated rings. The van der Waals surface area contributed by atoms with E-state index in [2.05, 4.69) is 5.10 Å². The average Bonchev–Trinajstić information content (AvgIpc) is 3.21. The highest BCUT2D eigenvalue weighted by Crippen LogP contribution is 2.32. The number of hydrogen-bond acceptors (Lipinski definition) is 4. The fourth-order valence-corrected chi connectivity index (χ4v) is 3.09. The number of rotatable bonds is 3. The zero-order valence-corrected chi connectivity index (χ0v) is 13.2. The second-order valence-corrected chi connectivity index (χ2v) is 5.61. The van der Waals surface area contributed by atoms with Crippen LogP contribution in [0.1, 0.15) is 45.3 Å². The van der Waals surface area contributed by atoms with Crippen molar-refractivity contribution in [3.8, 4) is 0 Å². The molecule has 2 heterocycles. The highest BCUT2D eigenvalue weighted by molar-refractivity contribution is 5.98. The first-order valence-electron chi connectivity index (χ1n) is 7.59. The van der Waals surface area contributed by atoms with Crippen LogP contribution in [0.25, 0.3) is 0 Å². The number of hydrogen-bond donors (Lipinski definition) is 0. The Morgan fingerprint density at radius 2 is 2.04 bits per heavy atom. The van der Waals surface area contributed by atoms with Gasteiger partial charge in [-0.3, -0.25) is 9.48 Å². The van der Waals surface area contributed by atoms with Crippen molar-refractivity contribution in [3.05, 3.63) is 53.3 Å². The molecule has 0 aliphatic carbocycles. The van der Waals surface area contributed by atoms with Crippen molar-refractivity contribution < 1.29 is 14.3 Å². The van der Waals surface area contributed by atoms with Crippen molar-refractivity contribution in [1.82, 2.24) is 14.7 Å². The number of aromatic nitrogens is 2. The van der Waals surface area contributed by atoms with Crippen LogP contribution in [0.2, 0.25) is 0 Å². The van der Waals surface area contributed by atoms with E-state index >= 15 is 0 Å². The molecule has 1 aromatic carbocycles. The molecule has 23 heavy (non-hydrogen) atoms. The highest BCUT2D eigenvalue weighted by Gasteiger charge is 2.32. The molecule has 0 N–H and O–H groups in total. The Labute approximate surface area is 134 Å². The van der Waals surface area contributed by atoms with Gasteiger partial charge in [0.2, 0.25) is 0 Å². The summed E-state index contributed by atoms with van der Waals surface area (Å²) in [5, 5.41) is 4.19. The number of aryl methyl sites for hydroxylation is 1. The number of nitrogens with zero attached hydrogens (tertiary/aromatic N) is 3. The summed E-state index contributed by atoms with van der Waals surface area (Å²) in [5.41, 5.74) is 1.91. The van der Waals surface area contributed by atoms with E-state index < -0.39 is 5.97 Å². The maximum atomic E-state index is 12.9. The first-order chi connectivity index (χ1) is 11.1. The van der Waals surface area contributed by atoms with E-state index in [1.54, 1.807) is 35.1 Å². The van der Waals surface area contributed by atoms with Crippen LogP contribution >= 0.6 is 0 Å². The Balaban J connectivity index is 1.88. The van der Waals surface area contributed by atoms with Crippen LogP contribution in [0.3, 0.4) is 0 Å². The minimum absolute atomic E-state index is 0.0248. The van der Waals surface area contributed by atoms with Crippen molar-refractivity contribution in [2.75, 3.05) is 13.7 Å². The number of ether oxygens (including phenoxy) is 1. The number of amides is 1. The lowest BCUT2D eigenvalue weighted by molar-refractivity contribution is 0.0600. The Hall–Kier alpha value is -2.63. The van der Waals surface area contributed by atoms with Gasteiger partial charge >= 0.3 is 5.97 Å². The number of benzene rings is 1. The molecule has 1 aromatic heterocycles. The van der Waals surface area contributed by atoms with Crippen molar-refractivity contribution in [3.63, 3.8) is 0 Å². The van der Waals surface area contributed by atoms with E-state index in [0.717, 1.165) is 18.5 Å². The van der Waals surface area contributed by atoms with Gasteiger partial charge in [0.15, 0.2) is 0 Å². The second kappa shape index (κ2) is 6.24. The Morgan fingerprint density at radius 1 is 1.26 bits per heavy atom. The molecule has 6 heteroatoms. The van der Waals surface area contributed by atoms with Gasteiger partial charge in [-0.25, -0.2) is 4.79 Å². The van der Waals surface area contributed by atoms with Gasteiger partial charge in [0.05, 0.1) is 24.4 Å². The van der Waals surface area contributed by atoms with Gasteiger partial charge in [-0.15, -0.1) is 0 Å². The minimum atomic E-state index is -0.441. The highest BCUT2D eigenvalue weighted by atomic mass is 16.5. The van der Waals surface area contributed by atoms with E-state index in [1.807, 2.05) is 18.0 Å². The predicted molar refractivity (Wildman–Crippen MR) is 84.0 cm³/mol. The fourth-order valence-electron chi connectivity index (χ4n) is 3.09. The summed E-state index contributed by atoms with van der Waals surface area (Å²) in [6.07, 6.45) is 3.62. The SMILES string of the molecule is COC(=O)c1cccc(C(=O)N2CCCC2c2ccnn2C)c1. The van der Waals surface area contributed by atoms with E-state index in [9.17, 15) is 9.59 Å². The third kappa shape index (κ3) is 2.84. The molecule has 1 saturated heterocycles. The molecule has 0 radical (unpaired) electrons. The van der Waals surface area contributed by atoms with Crippen LogP contribution in [0.4, 0.5) is 0 Å². The molecule has 1 unspecified atom stereocenters. The zero-order chi connectivity index (χ0) is 16.4. The number of esters is 1. The van der Waals surface area contributed by atoms with Crippen molar-refractivity contribution in [1.29, 1.82) is 0 Å². The second-order valence-electron chi connectivity index (χ2n) is 5.61. The Bertz CT molecular complexity index is 738. The molecule has 0 bridgehead atoms. The molecule has 6 nitrogen and oxygen atoms in total. The Kier molecular flexibility index (Phi) is 4.14. The third-order valence-electron chi connectivity index (χ3n) is 4.24. The average molecular weight is 313 g/mol. The van der Waals surface area contributed by atoms with E-state index in [0.29, 0.717) is 17.7 Å². The topological polar surface area (TPSA) is 64.4 Å². The normalized spacial score (nSPS) is 17.3. The van der Waals surface area contributed by atoms with Gasteiger partial charge in [-0.2, -0.15) is 5.10 Å². The van der Waals surface area contributed by atoms with Gasteiger partial charge in [0, 0.05) is 25.4 Å². The number of likely N-dealkylation sites (tertiary alicyclic amines) is 1. The molecule has 1 amide bonds. The lowest BCUT2D eigenvalue weighted by Gasteiger charge is -2.25. The summed E-state index contributed by atoms with van der Waals surface area (Å²) in [7, 11) is 3.21. The molecular weight excluding hydrogens is 294 g/mol. The summed E-state index contributed by atoms with van der Waals surface area (Å²) in [6.45, 7) is 0.705. The first kappa shape index (κ1) is 15.3. The molecule has 1 aliphatic rings. The van der Waals surface area contributed by atoms with Crippen LogP contribution in [0.5, 0.6) is 0 Å². The van der Waals surface area contributed by atoms with Crippen molar-refractivity contribution in [2.24, 2.45) is 7.05 Å². The molecule has 0 saturated carbocycles. The standard InChI is InChI=1S/C17H19N3O3/c1-19-14(8-9-18-19)15-7-4-10-20(15)16(21)12-5-3-6-13(11-12)17(22)23-2/h3,5-6,8-9,11,15H,4,7,10H2,1-2H3. The third-order valence-corrected chi connectivity index (χ3v) is 4.24. The summed E-state index contributed by atoms with van der Waals surface area (Å²) < 4.78 is 6.52. The molecule has 1 aliphatic heterocycles. The molecule has 2 aromatic rings. The predicted octanol–water partition coefficient (Wildman–Crippen LogP) is 2.18. The molecular formula is C17H19N3O3. The molecule has 0 spiro atoms. The van der Waals surface area contributed by atoms with Crippen LogP contribution in [-0.4, -0.2) is 40.2 Å². The minimum Gasteiger partial charge on any atom is -0.465 e. The van der Waals surface area contributed by atoms with Crippen LogP contribution < -0.4 is 0 Å². The van der Waals surface area contributed by atoms with Crippen molar-refractivity contribution in [2.45, 2.75) is 18.9 Å². The maximum Gasteiger partial charge on any atom is 0.337 e. The van der Waals surface area contributed by atoms with E-state index in [1.165, 1.54) is 7.11 Å². The lowest BCUT2D eigenvalue weighted by Crippen LogP contribution is -2.31. The lowest BCUT2D eigenvalue weighted by atomic mass is 10.1. The first-order valence-corrected chi connectivity index (χ1v) is 7.59. The molecule has 120 valence electrons.